The van der Waals surface area contributed by atoms with Gasteiger partial charge in [0.2, 0.25) is 0 Å². The van der Waals surface area contributed by atoms with Crippen LogP contribution in [-0.2, 0) is 0 Å². The molecule has 6 rings (SSSR count). The second-order valence-electron chi connectivity index (χ2n) is 6.55. The molecule has 1 aliphatic carbocycles. The van der Waals surface area contributed by atoms with E-state index in [1.54, 1.807) is 0 Å². The summed E-state index contributed by atoms with van der Waals surface area (Å²) in [5.41, 5.74) is 6.13. The van der Waals surface area contributed by atoms with Gasteiger partial charge in [0, 0.05) is 25.5 Å². The molecule has 122 valence electrons. The second-order valence-corrected chi connectivity index (χ2v) is 8.26. The van der Waals surface area contributed by atoms with Gasteiger partial charge in [-0.15, -0.1) is 0 Å². The Balaban J connectivity index is 1.85. The molecule has 0 bridgehead atoms. The molecule has 2 nitrogen and oxygen atoms in total. The van der Waals surface area contributed by atoms with Gasteiger partial charge in [-0.1, -0.05) is 42.5 Å². The Morgan fingerprint density at radius 3 is 2.15 bits per heavy atom. The predicted molar refractivity (Wildman–Crippen MR) is 114 cm³/mol. The van der Waals surface area contributed by atoms with Crippen molar-refractivity contribution in [3.63, 3.8) is 0 Å². The topological polar surface area (TPSA) is 25.8 Å². The summed E-state index contributed by atoms with van der Waals surface area (Å²) < 4.78 is 1.97. The van der Waals surface area contributed by atoms with E-state index < -0.39 is 0 Å². The highest BCUT2D eigenvalue weighted by atomic mass is 79.9. The van der Waals surface area contributed by atoms with Crippen molar-refractivity contribution < 1.29 is 0 Å². The minimum absolute atomic E-state index is 0.896. The zero-order valence-corrected chi connectivity index (χ0v) is 16.6. The van der Waals surface area contributed by atoms with Gasteiger partial charge in [0.25, 0.3) is 0 Å². The number of aromatic nitrogens is 2. The molecule has 1 aromatic heterocycles. The van der Waals surface area contributed by atoms with Gasteiger partial charge < -0.3 is 0 Å². The van der Waals surface area contributed by atoms with Gasteiger partial charge in [-0.05, 0) is 66.2 Å². The fourth-order valence-corrected chi connectivity index (χ4v) is 4.64. The summed E-state index contributed by atoms with van der Waals surface area (Å²) in [7, 11) is 0. The van der Waals surface area contributed by atoms with Gasteiger partial charge in [0.15, 0.2) is 0 Å². The zero-order chi connectivity index (χ0) is 17.4. The van der Waals surface area contributed by atoms with Crippen molar-refractivity contribution in [3.05, 3.63) is 69.6 Å². The Morgan fingerprint density at radius 1 is 0.654 bits per heavy atom. The van der Waals surface area contributed by atoms with Crippen molar-refractivity contribution in [1.29, 1.82) is 0 Å². The molecule has 26 heavy (non-hydrogen) atoms. The molecule has 0 radical (unpaired) electrons. The molecule has 0 saturated carbocycles. The first-order valence-corrected chi connectivity index (χ1v) is 9.91. The van der Waals surface area contributed by atoms with Gasteiger partial charge in [-0.25, -0.2) is 9.97 Å². The average molecular weight is 462 g/mol. The van der Waals surface area contributed by atoms with Crippen LogP contribution in [0.3, 0.4) is 0 Å². The number of fused-ring (bicyclic) bond motifs is 6. The van der Waals surface area contributed by atoms with Crippen LogP contribution in [-0.4, -0.2) is 9.97 Å². The first-order chi connectivity index (χ1) is 12.7. The molecule has 4 aromatic carbocycles. The highest BCUT2D eigenvalue weighted by molar-refractivity contribution is 9.13. The summed E-state index contributed by atoms with van der Waals surface area (Å²) in [6, 6.07) is 21.3. The van der Waals surface area contributed by atoms with Gasteiger partial charge in [0.1, 0.15) is 0 Å². The molecule has 5 aromatic rings. The van der Waals surface area contributed by atoms with Gasteiger partial charge in [0.05, 0.1) is 22.4 Å². The lowest BCUT2D eigenvalue weighted by atomic mass is 9.97. The van der Waals surface area contributed by atoms with E-state index in [0.29, 0.717) is 0 Å². The molecule has 0 unspecified atom stereocenters. The number of hydrogen-bond acceptors (Lipinski definition) is 2. The van der Waals surface area contributed by atoms with E-state index in [-0.39, 0.29) is 0 Å². The van der Waals surface area contributed by atoms with Crippen LogP contribution >= 0.6 is 31.9 Å². The lowest BCUT2D eigenvalue weighted by Gasteiger charge is -2.08. The molecular formula is C22H10Br2N2. The zero-order valence-electron chi connectivity index (χ0n) is 13.4. The number of nitrogens with zero attached hydrogens (tertiary/aromatic N) is 2. The first-order valence-electron chi connectivity index (χ1n) is 8.33. The summed E-state index contributed by atoms with van der Waals surface area (Å²) in [5, 5.41) is 4.96. The van der Waals surface area contributed by atoms with E-state index in [0.717, 1.165) is 31.4 Å². The van der Waals surface area contributed by atoms with Gasteiger partial charge in [-0.2, -0.15) is 0 Å². The SMILES string of the molecule is Brc1cc2nc3c(nc2cc1Br)-c1c2ccccc2cc2cccc-3c12. The molecule has 0 spiro atoms. The standard InChI is InChI=1S/C22H10Br2N2/c23-15-9-17-18(10-16(15)24)26-22-20-13-6-2-1-4-11(13)8-12-5-3-7-14(19(12)20)21(22)25-17/h1-10H. The maximum atomic E-state index is 5.03. The number of halogens is 2. The van der Waals surface area contributed by atoms with Crippen molar-refractivity contribution in [2.24, 2.45) is 0 Å². The molecule has 0 N–H and O–H groups in total. The van der Waals surface area contributed by atoms with Crippen LogP contribution in [0.5, 0.6) is 0 Å². The first kappa shape index (κ1) is 14.8. The van der Waals surface area contributed by atoms with Gasteiger partial charge in [-0.3, -0.25) is 0 Å². The van der Waals surface area contributed by atoms with Gasteiger partial charge >= 0.3 is 0 Å². The molecule has 0 amide bonds. The third-order valence-corrected chi connectivity index (χ3v) is 6.93. The predicted octanol–water partition coefficient (Wildman–Crippen LogP) is 7.11. The Kier molecular flexibility index (Phi) is 2.92. The van der Waals surface area contributed by atoms with Crippen molar-refractivity contribution >= 4 is 64.4 Å². The van der Waals surface area contributed by atoms with Crippen LogP contribution in [0.15, 0.2) is 69.6 Å². The molecule has 1 heterocycles. The lowest BCUT2D eigenvalue weighted by molar-refractivity contribution is 1.31. The Hall–Kier alpha value is -2.30. The van der Waals surface area contributed by atoms with E-state index in [4.69, 9.17) is 9.97 Å². The maximum Gasteiger partial charge on any atom is 0.0986 e. The van der Waals surface area contributed by atoms with E-state index in [2.05, 4.69) is 80.4 Å². The smallest absolute Gasteiger partial charge is 0.0986 e. The van der Waals surface area contributed by atoms with E-state index >= 15 is 0 Å². The summed E-state index contributed by atoms with van der Waals surface area (Å²) >= 11 is 7.15. The van der Waals surface area contributed by atoms with Crippen molar-refractivity contribution in [2.45, 2.75) is 0 Å². The molecule has 1 aliphatic rings. The minimum atomic E-state index is 0.896. The molecule has 0 atom stereocenters. The molecular weight excluding hydrogens is 452 g/mol. The van der Waals surface area contributed by atoms with E-state index in [9.17, 15) is 0 Å². The summed E-state index contributed by atoms with van der Waals surface area (Å²) in [6.07, 6.45) is 0. The fraction of sp³-hybridized carbons (Fsp3) is 0. The summed E-state index contributed by atoms with van der Waals surface area (Å²) in [5.74, 6) is 0. The van der Waals surface area contributed by atoms with Crippen LogP contribution in [0.25, 0.3) is 55.1 Å². The maximum absolute atomic E-state index is 5.03. The highest BCUT2D eigenvalue weighted by Gasteiger charge is 2.26. The van der Waals surface area contributed by atoms with Crippen LogP contribution in [0.2, 0.25) is 0 Å². The number of rotatable bonds is 0. The van der Waals surface area contributed by atoms with Crippen LogP contribution in [0.1, 0.15) is 0 Å². The largest absolute Gasteiger partial charge is 0.244 e. The van der Waals surface area contributed by atoms with E-state index in [1.807, 2.05) is 12.1 Å². The highest BCUT2D eigenvalue weighted by Crippen LogP contribution is 2.49. The Labute approximate surface area is 166 Å². The van der Waals surface area contributed by atoms with Crippen molar-refractivity contribution in [2.75, 3.05) is 0 Å². The van der Waals surface area contributed by atoms with Crippen molar-refractivity contribution in [1.82, 2.24) is 9.97 Å². The summed E-state index contributed by atoms with van der Waals surface area (Å²) in [6.45, 7) is 0. The molecule has 0 aliphatic heterocycles. The monoisotopic (exact) mass is 460 g/mol. The number of benzene rings is 4. The third-order valence-electron chi connectivity index (χ3n) is 5.09. The average Bonchev–Trinajstić information content (AvgIpc) is 2.97. The fourth-order valence-electron chi connectivity index (χ4n) is 3.98. The minimum Gasteiger partial charge on any atom is -0.244 e. The Morgan fingerprint density at radius 2 is 1.35 bits per heavy atom. The number of hydrogen-bond donors (Lipinski definition) is 0. The third kappa shape index (κ3) is 1.86. The van der Waals surface area contributed by atoms with Crippen LogP contribution in [0, 0.1) is 0 Å². The summed E-state index contributed by atoms with van der Waals surface area (Å²) in [4.78, 5) is 10.0. The lowest BCUT2D eigenvalue weighted by Crippen LogP contribution is -1.91. The second kappa shape index (κ2) is 5.12. The van der Waals surface area contributed by atoms with E-state index in [1.165, 1.54) is 32.7 Å². The molecule has 0 fully saturated rings. The molecule has 0 saturated heterocycles. The Bertz CT molecular complexity index is 1410. The van der Waals surface area contributed by atoms with Crippen LogP contribution < -0.4 is 0 Å². The van der Waals surface area contributed by atoms with Crippen LogP contribution in [0.4, 0.5) is 0 Å². The van der Waals surface area contributed by atoms with Crippen molar-refractivity contribution in [3.8, 4) is 22.5 Å². The normalized spacial score (nSPS) is 12.2. The molecule has 4 heteroatoms. The quantitative estimate of drug-likeness (QED) is 0.225.